The van der Waals surface area contributed by atoms with Gasteiger partial charge in [0.15, 0.2) is 0 Å². The molecule has 2 atom stereocenters. The molecule has 3 nitrogen and oxygen atoms in total. The molecule has 0 saturated carbocycles. The highest BCUT2D eigenvalue weighted by Crippen LogP contribution is 2.14. The smallest absolute Gasteiger partial charge is 0.0991 e. The van der Waals surface area contributed by atoms with Crippen molar-refractivity contribution >= 4 is 0 Å². The molecule has 90 valence electrons. The minimum atomic E-state index is 0.303. The van der Waals surface area contributed by atoms with Gasteiger partial charge >= 0.3 is 0 Å². The van der Waals surface area contributed by atoms with Crippen LogP contribution in [-0.4, -0.2) is 30.2 Å². The lowest BCUT2D eigenvalue weighted by Gasteiger charge is -2.35. The molecule has 2 rings (SSSR count). The van der Waals surface area contributed by atoms with E-state index in [4.69, 9.17) is 10.00 Å². The molecular weight excluding hydrogens is 212 g/mol. The normalized spacial score (nSPS) is 25.5. The highest BCUT2D eigenvalue weighted by atomic mass is 16.5. The van der Waals surface area contributed by atoms with Gasteiger partial charge in [-0.3, -0.25) is 4.90 Å². The van der Waals surface area contributed by atoms with Crippen LogP contribution in [0, 0.1) is 11.3 Å². The number of nitriles is 1. The van der Waals surface area contributed by atoms with Crippen LogP contribution in [0.3, 0.4) is 0 Å². The Kier molecular flexibility index (Phi) is 3.78. The van der Waals surface area contributed by atoms with Gasteiger partial charge in [-0.2, -0.15) is 5.26 Å². The van der Waals surface area contributed by atoms with E-state index < -0.39 is 0 Å². The Morgan fingerprint density at radius 1 is 1.24 bits per heavy atom. The third-order valence-corrected chi connectivity index (χ3v) is 2.98. The molecule has 17 heavy (non-hydrogen) atoms. The summed E-state index contributed by atoms with van der Waals surface area (Å²) < 4.78 is 5.71. The lowest BCUT2D eigenvalue weighted by atomic mass is 10.1. The zero-order valence-corrected chi connectivity index (χ0v) is 10.4. The molecule has 1 aliphatic heterocycles. The molecule has 0 aliphatic carbocycles. The molecule has 2 unspecified atom stereocenters. The van der Waals surface area contributed by atoms with Crippen molar-refractivity contribution in [3.63, 3.8) is 0 Å². The van der Waals surface area contributed by atoms with E-state index in [1.807, 2.05) is 24.3 Å². The van der Waals surface area contributed by atoms with Crippen LogP contribution < -0.4 is 0 Å². The monoisotopic (exact) mass is 230 g/mol. The van der Waals surface area contributed by atoms with Gasteiger partial charge in [-0.1, -0.05) is 12.1 Å². The second kappa shape index (κ2) is 5.31. The Hall–Kier alpha value is -1.37. The zero-order valence-electron chi connectivity index (χ0n) is 10.4. The fraction of sp³-hybridized carbons (Fsp3) is 0.500. The van der Waals surface area contributed by atoms with Crippen molar-refractivity contribution in [3.05, 3.63) is 35.4 Å². The van der Waals surface area contributed by atoms with Crippen LogP contribution in [0.5, 0.6) is 0 Å². The van der Waals surface area contributed by atoms with Gasteiger partial charge in [0.25, 0.3) is 0 Å². The van der Waals surface area contributed by atoms with Gasteiger partial charge in [0, 0.05) is 19.6 Å². The van der Waals surface area contributed by atoms with Crippen LogP contribution in [0.15, 0.2) is 24.3 Å². The Morgan fingerprint density at radius 2 is 1.82 bits per heavy atom. The molecule has 0 N–H and O–H groups in total. The van der Waals surface area contributed by atoms with Gasteiger partial charge in [-0.25, -0.2) is 0 Å². The molecule has 0 radical (unpaired) electrons. The second-order valence-corrected chi connectivity index (χ2v) is 4.76. The van der Waals surface area contributed by atoms with Gasteiger partial charge < -0.3 is 4.74 Å². The Bertz CT molecular complexity index is 397. The van der Waals surface area contributed by atoms with E-state index >= 15 is 0 Å². The third-order valence-electron chi connectivity index (χ3n) is 2.98. The highest BCUT2D eigenvalue weighted by Gasteiger charge is 2.21. The molecule has 1 fully saturated rings. The van der Waals surface area contributed by atoms with Crippen molar-refractivity contribution < 1.29 is 4.74 Å². The number of nitrogens with zero attached hydrogens (tertiary/aromatic N) is 2. The molecule has 1 saturated heterocycles. The van der Waals surface area contributed by atoms with Crippen molar-refractivity contribution in [2.24, 2.45) is 0 Å². The topological polar surface area (TPSA) is 36.3 Å². The fourth-order valence-corrected chi connectivity index (χ4v) is 2.36. The summed E-state index contributed by atoms with van der Waals surface area (Å²) in [4.78, 5) is 2.40. The first-order valence-corrected chi connectivity index (χ1v) is 6.04. The number of hydrogen-bond acceptors (Lipinski definition) is 3. The Labute approximate surface area is 103 Å². The first kappa shape index (κ1) is 12.1. The van der Waals surface area contributed by atoms with Crippen molar-refractivity contribution in [3.8, 4) is 6.07 Å². The second-order valence-electron chi connectivity index (χ2n) is 4.76. The minimum absolute atomic E-state index is 0.303. The standard InChI is InChI=1S/C14H18N2O/c1-11-8-16(9-12(2)17-11)10-14-5-3-13(7-15)4-6-14/h3-6,11-12H,8-10H2,1-2H3. The molecule has 1 aromatic carbocycles. The number of morpholine rings is 1. The molecule has 0 spiro atoms. The SMILES string of the molecule is CC1CN(Cc2ccc(C#N)cc2)CC(C)O1. The highest BCUT2D eigenvalue weighted by molar-refractivity contribution is 5.31. The molecule has 0 bridgehead atoms. The molecule has 1 aromatic rings. The predicted octanol–water partition coefficient (Wildman–Crippen LogP) is 2.17. The minimum Gasteiger partial charge on any atom is -0.373 e. The maximum atomic E-state index is 8.74. The van der Waals surface area contributed by atoms with E-state index in [0.717, 1.165) is 25.2 Å². The fourth-order valence-electron chi connectivity index (χ4n) is 2.36. The van der Waals surface area contributed by atoms with Gasteiger partial charge in [0.2, 0.25) is 0 Å². The van der Waals surface area contributed by atoms with E-state index in [2.05, 4.69) is 24.8 Å². The van der Waals surface area contributed by atoms with Crippen LogP contribution >= 0.6 is 0 Å². The van der Waals surface area contributed by atoms with Crippen LogP contribution in [0.25, 0.3) is 0 Å². The summed E-state index contributed by atoms with van der Waals surface area (Å²) in [5, 5.41) is 8.74. The molecular formula is C14H18N2O. The zero-order chi connectivity index (χ0) is 12.3. The van der Waals surface area contributed by atoms with E-state index in [-0.39, 0.29) is 0 Å². The summed E-state index contributed by atoms with van der Waals surface area (Å²) in [5.74, 6) is 0. The summed E-state index contributed by atoms with van der Waals surface area (Å²) in [6.07, 6.45) is 0.606. The van der Waals surface area contributed by atoms with Crippen LogP contribution in [0.1, 0.15) is 25.0 Å². The molecule has 3 heteroatoms. The summed E-state index contributed by atoms with van der Waals surface area (Å²) in [5.41, 5.74) is 1.97. The Balaban J connectivity index is 1.98. The van der Waals surface area contributed by atoms with Gasteiger partial charge in [-0.05, 0) is 31.5 Å². The van der Waals surface area contributed by atoms with E-state index in [1.165, 1.54) is 5.56 Å². The van der Waals surface area contributed by atoms with Gasteiger partial charge in [-0.15, -0.1) is 0 Å². The van der Waals surface area contributed by atoms with Crippen LogP contribution in [0.2, 0.25) is 0 Å². The summed E-state index contributed by atoms with van der Waals surface area (Å²) in [6.45, 7) is 7.11. The number of hydrogen-bond donors (Lipinski definition) is 0. The van der Waals surface area contributed by atoms with Crippen molar-refractivity contribution in [1.82, 2.24) is 4.90 Å². The predicted molar refractivity (Wildman–Crippen MR) is 66.4 cm³/mol. The summed E-state index contributed by atoms with van der Waals surface area (Å²) in [6, 6.07) is 9.96. The maximum absolute atomic E-state index is 8.74. The maximum Gasteiger partial charge on any atom is 0.0991 e. The lowest BCUT2D eigenvalue weighted by Crippen LogP contribution is -2.44. The van der Waals surface area contributed by atoms with E-state index in [1.54, 1.807) is 0 Å². The van der Waals surface area contributed by atoms with E-state index in [9.17, 15) is 0 Å². The largest absolute Gasteiger partial charge is 0.373 e. The van der Waals surface area contributed by atoms with Gasteiger partial charge in [0.05, 0.1) is 23.8 Å². The summed E-state index contributed by atoms with van der Waals surface area (Å²) in [7, 11) is 0. The first-order chi connectivity index (χ1) is 8.17. The third kappa shape index (κ3) is 3.29. The molecule has 1 aliphatic rings. The van der Waals surface area contributed by atoms with Crippen molar-refractivity contribution in [1.29, 1.82) is 5.26 Å². The van der Waals surface area contributed by atoms with E-state index in [0.29, 0.717) is 12.2 Å². The molecule has 1 heterocycles. The average molecular weight is 230 g/mol. The lowest BCUT2D eigenvalue weighted by molar-refractivity contribution is -0.0704. The first-order valence-electron chi connectivity index (χ1n) is 6.04. The van der Waals surface area contributed by atoms with Crippen LogP contribution in [0.4, 0.5) is 0 Å². The number of ether oxygens (including phenoxy) is 1. The molecule has 0 amide bonds. The van der Waals surface area contributed by atoms with Crippen LogP contribution in [-0.2, 0) is 11.3 Å². The van der Waals surface area contributed by atoms with Crippen molar-refractivity contribution in [2.75, 3.05) is 13.1 Å². The van der Waals surface area contributed by atoms with Gasteiger partial charge in [0.1, 0.15) is 0 Å². The average Bonchev–Trinajstić information content (AvgIpc) is 2.28. The molecule has 0 aromatic heterocycles. The quantitative estimate of drug-likeness (QED) is 0.781. The number of benzene rings is 1. The Morgan fingerprint density at radius 3 is 2.35 bits per heavy atom. The summed E-state index contributed by atoms with van der Waals surface area (Å²) >= 11 is 0. The number of rotatable bonds is 2. The van der Waals surface area contributed by atoms with Crippen molar-refractivity contribution in [2.45, 2.75) is 32.6 Å².